The van der Waals surface area contributed by atoms with Crippen LogP contribution in [0.15, 0.2) is 23.0 Å². The van der Waals surface area contributed by atoms with Crippen molar-refractivity contribution in [3.05, 3.63) is 34.2 Å². The van der Waals surface area contributed by atoms with Gasteiger partial charge in [-0.15, -0.1) is 0 Å². The van der Waals surface area contributed by atoms with E-state index in [1.807, 2.05) is 39.0 Å². The number of carbonyl (C=O) groups excluding carboxylic acids is 3. The Hall–Kier alpha value is -3.58. The van der Waals surface area contributed by atoms with Crippen molar-refractivity contribution in [3.63, 3.8) is 0 Å². The van der Waals surface area contributed by atoms with Crippen LogP contribution >= 0.6 is 0 Å². The number of fused-ring (bicyclic) bond motifs is 1. The number of benzene rings is 1. The second-order valence-corrected chi connectivity index (χ2v) is 10.7. The Morgan fingerprint density at radius 3 is 2.54 bits per heavy atom. The Labute approximate surface area is 216 Å². The summed E-state index contributed by atoms with van der Waals surface area (Å²) in [6.07, 6.45) is 2.61. The number of aromatic nitrogens is 2. The molecule has 2 fully saturated rings. The predicted octanol–water partition coefficient (Wildman–Crippen LogP) is 2.05. The number of rotatable bonds is 4. The molecular formula is C27H35N5O5. The van der Waals surface area contributed by atoms with E-state index in [0.717, 1.165) is 38.0 Å². The molecule has 2 aliphatic rings. The van der Waals surface area contributed by atoms with Gasteiger partial charge in [0.15, 0.2) is 0 Å². The van der Waals surface area contributed by atoms with Crippen LogP contribution in [0.4, 0.5) is 4.79 Å². The lowest BCUT2D eigenvalue weighted by atomic mass is 10.1. The molecule has 0 bridgehead atoms. The number of carbonyl (C=O) groups is 3. The quantitative estimate of drug-likeness (QED) is 0.482. The number of imidazole rings is 1. The van der Waals surface area contributed by atoms with Crippen LogP contribution in [0.25, 0.3) is 11.0 Å². The summed E-state index contributed by atoms with van der Waals surface area (Å²) >= 11 is 0. The molecule has 4 rings (SSSR count). The fourth-order valence-corrected chi connectivity index (χ4v) is 4.82. The minimum Gasteiger partial charge on any atom is -0.444 e. The zero-order chi connectivity index (χ0) is 26.7. The number of alkyl carbamates (subject to hydrolysis) is 1. The van der Waals surface area contributed by atoms with E-state index in [9.17, 15) is 19.2 Å². The molecule has 37 heavy (non-hydrogen) atoms. The summed E-state index contributed by atoms with van der Waals surface area (Å²) < 4.78 is 8.32. The number of hydrogen-bond acceptors (Lipinski definition) is 6. The normalized spacial score (nSPS) is 19.3. The fourth-order valence-electron chi connectivity index (χ4n) is 4.82. The first-order chi connectivity index (χ1) is 17.5. The van der Waals surface area contributed by atoms with Gasteiger partial charge >= 0.3 is 11.8 Å². The molecule has 3 amide bonds. The molecule has 10 heteroatoms. The second-order valence-electron chi connectivity index (χ2n) is 10.7. The van der Waals surface area contributed by atoms with Crippen molar-refractivity contribution in [1.82, 2.24) is 24.7 Å². The van der Waals surface area contributed by atoms with Crippen molar-refractivity contribution in [2.75, 3.05) is 19.6 Å². The maximum absolute atomic E-state index is 12.9. The van der Waals surface area contributed by atoms with Gasteiger partial charge < -0.3 is 15.0 Å². The van der Waals surface area contributed by atoms with Crippen LogP contribution in [0.3, 0.4) is 0 Å². The number of nitrogens with one attached hydrogen (secondary N) is 2. The first kappa shape index (κ1) is 26.5. The molecule has 1 aromatic heterocycles. The molecule has 1 atom stereocenters. The first-order valence-corrected chi connectivity index (χ1v) is 12.8. The number of likely N-dealkylation sites (tertiary alicyclic amines) is 1. The lowest BCUT2D eigenvalue weighted by Crippen LogP contribution is -2.46. The average Bonchev–Trinajstić information content (AvgIpc) is 3.06. The first-order valence-electron chi connectivity index (χ1n) is 12.8. The minimum absolute atomic E-state index is 0.128. The molecule has 3 heterocycles. The molecule has 0 spiro atoms. The molecule has 1 aromatic carbocycles. The van der Waals surface area contributed by atoms with Gasteiger partial charge in [0, 0.05) is 51.1 Å². The highest BCUT2D eigenvalue weighted by Crippen LogP contribution is 2.23. The number of aryl methyl sites for hydroxylation is 1. The third kappa shape index (κ3) is 6.41. The summed E-state index contributed by atoms with van der Waals surface area (Å²) in [6, 6.07) is 4.95. The van der Waals surface area contributed by atoms with E-state index in [4.69, 9.17) is 4.74 Å². The molecule has 0 saturated carbocycles. The Morgan fingerprint density at radius 1 is 1.14 bits per heavy atom. The van der Waals surface area contributed by atoms with E-state index < -0.39 is 17.6 Å². The number of nitrogens with zero attached hydrogens (tertiary/aromatic N) is 3. The summed E-state index contributed by atoms with van der Waals surface area (Å²) in [5.41, 5.74) is 1.35. The standard InChI is InChI=1S/C27H35N5O5/c1-27(2,3)37-25(35)28-19-12-15-31(16-13-19)14-6-5-7-18-8-9-20-22(17-18)30(4)26(36)32(20)21-10-11-23(33)29-24(21)34/h8-9,17,19,21H,6,10-16H2,1-4H3,(H,28,35)(H,29,33,34). The van der Waals surface area contributed by atoms with Gasteiger partial charge in [-0.05, 0) is 58.2 Å². The number of hydrogen-bond donors (Lipinski definition) is 2. The van der Waals surface area contributed by atoms with Gasteiger partial charge in [-0.25, -0.2) is 9.59 Å². The summed E-state index contributed by atoms with van der Waals surface area (Å²) in [5, 5.41) is 5.28. The average molecular weight is 510 g/mol. The number of piperidine rings is 2. The maximum Gasteiger partial charge on any atom is 0.407 e. The Balaban J connectivity index is 1.32. The predicted molar refractivity (Wildman–Crippen MR) is 139 cm³/mol. The van der Waals surface area contributed by atoms with E-state index in [2.05, 4.69) is 27.4 Å². The lowest BCUT2D eigenvalue weighted by molar-refractivity contribution is -0.135. The van der Waals surface area contributed by atoms with Gasteiger partial charge in [0.25, 0.3) is 0 Å². The monoisotopic (exact) mass is 509 g/mol. The van der Waals surface area contributed by atoms with Gasteiger partial charge in [-0.1, -0.05) is 11.8 Å². The van der Waals surface area contributed by atoms with Gasteiger partial charge in [0.1, 0.15) is 11.6 Å². The number of ether oxygens (including phenoxy) is 1. The van der Waals surface area contributed by atoms with Gasteiger partial charge in [0.05, 0.1) is 11.0 Å². The summed E-state index contributed by atoms with van der Waals surface area (Å²) in [7, 11) is 1.67. The lowest BCUT2D eigenvalue weighted by Gasteiger charge is -2.32. The van der Waals surface area contributed by atoms with Crippen LogP contribution in [0.1, 0.15) is 64.5 Å². The van der Waals surface area contributed by atoms with Crippen LogP contribution in [-0.2, 0) is 21.4 Å². The summed E-state index contributed by atoms with van der Waals surface area (Å²) in [5.74, 6) is 5.65. The van der Waals surface area contributed by atoms with E-state index in [-0.39, 0.29) is 30.2 Å². The third-order valence-corrected chi connectivity index (χ3v) is 6.71. The van der Waals surface area contributed by atoms with E-state index in [0.29, 0.717) is 23.9 Å². The van der Waals surface area contributed by atoms with E-state index in [1.165, 1.54) is 9.13 Å². The molecule has 2 saturated heterocycles. The number of amides is 3. The fraction of sp³-hybridized carbons (Fsp3) is 0.556. The largest absolute Gasteiger partial charge is 0.444 e. The third-order valence-electron chi connectivity index (χ3n) is 6.71. The Morgan fingerprint density at radius 2 is 1.86 bits per heavy atom. The molecule has 2 N–H and O–H groups in total. The van der Waals surface area contributed by atoms with E-state index >= 15 is 0 Å². The summed E-state index contributed by atoms with van der Waals surface area (Å²) in [6.45, 7) is 8.19. The highest BCUT2D eigenvalue weighted by molar-refractivity contribution is 6.00. The highest BCUT2D eigenvalue weighted by atomic mass is 16.6. The zero-order valence-corrected chi connectivity index (χ0v) is 21.9. The van der Waals surface area contributed by atoms with Crippen LogP contribution in [0, 0.1) is 11.8 Å². The molecule has 10 nitrogen and oxygen atoms in total. The smallest absolute Gasteiger partial charge is 0.407 e. The Bertz CT molecular complexity index is 1310. The van der Waals surface area contributed by atoms with Crippen LogP contribution < -0.4 is 16.3 Å². The Kier molecular flexibility index (Phi) is 7.73. The van der Waals surface area contributed by atoms with Crippen LogP contribution in [-0.4, -0.2) is 63.2 Å². The van der Waals surface area contributed by atoms with Crippen molar-refractivity contribution in [2.45, 2.75) is 70.6 Å². The number of imide groups is 1. The second kappa shape index (κ2) is 10.8. The molecule has 1 unspecified atom stereocenters. The SMILES string of the molecule is Cn1c(=O)n(C2CCC(=O)NC2=O)c2ccc(C#CCCN3CCC(NC(=O)OC(C)(C)C)CC3)cc21. The topological polar surface area (TPSA) is 115 Å². The molecule has 2 aromatic rings. The van der Waals surface area contributed by atoms with Crippen LogP contribution in [0.2, 0.25) is 0 Å². The zero-order valence-electron chi connectivity index (χ0n) is 21.9. The molecular weight excluding hydrogens is 474 g/mol. The minimum atomic E-state index is -0.700. The van der Waals surface area contributed by atoms with Crippen molar-refractivity contribution in [3.8, 4) is 11.8 Å². The molecule has 198 valence electrons. The van der Waals surface area contributed by atoms with Gasteiger partial charge in [0.2, 0.25) is 11.8 Å². The molecule has 0 radical (unpaired) electrons. The van der Waals surface area contributed by atoms with Gasteiger partial charge in [-0.2, -0.15) is 0 Å². The molecule has 2 aliphatic heterocycles. The van der Waals surface area contributed by atoms with Crippen molar-refractivity contribution < 1.29 is 19.1 Å². The van der Waals surface area contributed by atoms with Crippen molar-refractivity contribution in [2.24, 2.45) is 7.05 Å². The van der Waals surface area contributed by atoms with Gasteiger partial charge in [-0.3, -0.25) is 24.0 Å². The van der Waals surface area contributed by atoms with E-state index in [1.54, 1.807) is 7.05 Å². The van der Waals surface area contributed by atoms with Crippen molar-refractivity contribution in [1.29, 1.82) is 0 Å². The molecule has 0 aliphatic carbocycles. The van der Waals surface area contributed by atoms with Crippen molar-refractivity contribution >= 4 is 28.9 Å². The summed E-state index contributed by atoms with van der Waals surface area (Å²) in [4.78, 5) is 51.1. The maximum atomic E-state index is 12.9. The van der Waals surface area contributed by atoms with Crippen LogP contribution in [0.5, 0.6) is 0 Å². The highest BCUT2D eigenvalue weighted by Gasteiger charge is 2.31.